The van der Waals surface area contributed by atoms with Crippen LogP contribution in [0.1, 0.15) is 64.8 Å². The topological polar surface area (TPSA) is 196 Å². The molecule has 0 aliphatic rings. The predicted molar refractivity (Wildman–Crippen MR) is 217 cm³/mol. The maximum atomic E-state index is 15.8. The average Bonchev–Trinajstić information content (AvgIpc) is 3.70. The molecule has 26 heteroatoms. The molecule has 3 aromatic rings. The van der Waals surface area contributed by atoms with Gasteiger partial charge < -0.3 is 26.8 Å². The molecule has 0 radical (unpaired) electrons. The van der Waals surface area contributed by atoms with Gasteiger partial charge in [-0.05, 0) is 62.9 Å². The van der Waals surface area contributed by atoms with Crippen molar-refractivity contribution in [1.29, 1.82) is 0 Å². The van der Waals surface area contributed by atoms with Gasteiger partial charge in [-0.15, -0.1) is 0 Å². The molecule has 1 heterocycles. The fraction of sp³-hybridized carbons (Fsp3) is 0.463. The number of amides is 4. The smallest absolute Gasteiger partial charge is 0.396 e. The van der Waals surface area contributed by atoms with E-state index in [0.717, 1.165) is 26.2 Å². The van der Waals surface area contributed by atoms with Crippen LogP contribution in [0.2, 0.25) is 0 Å². The number of aliphatic hydroxyl groups is 1. The number of aliphatic hydroxyl groups excluding tert-OH is 1. The van der Waals surface area contributed by atoms with Crippen molar-refractivity contribution in [3.63, 3.8) is 0 Å². The Balaban J connectivity index is 2.20. The van der Waals surface area contributed by atoms with Gasteiger partial charge in [0.25, 0.3) is 5.91 Å². The lowest BCUT2D eigenvalue weighted by molar-refractivity contribution is -0.222. The minimum Gasteiger partial charge on any atom is -0.404 e. The minimum atomic E-state index is -5.19. The number of benzene rings is 2. The fourth-order valence-corrected chi connectivity index (χ4v) is 6.30. The van der Waals surface area contributed by atoms with Crippen LogP contribution in [0.4, 0.5) is 52.7 Å². The number of allylic oxidation sites excluding steroid dienone is 1. The molecule has 0 bridgehead atoms. The number of carbonyl (C=O) groups excluding carboxylic acids is 4. The first-order valence-electron chi connectivity index (χ1n) is 19.6. The lowest BCUT2D eigenvalue weighted by atomic mass is 9.82. The number of hydrogen-bond acceptors (Lipinski definition) is 9. The van der Waals surface area contributed by atoms with Gasteiger partial charge in [-0.1, -0.05) is 24.3 Å². The molecule has 4 amide bonds. The highest BCUT2D eigenvalue weighted by molar-refractivity contribution is 6.09. The molecule has 0 spiro atoms. The van der Waals surface area contributed by atoms with E-state index in [0.29, 0.717) is 67.5 Å². The summed E-state index contributed by atoms with van der Waals surface area (Å²) >= 11 is 0. The van der Waals surface area contributed by atoms with Gasteiger partial charge in [0.1, 0.15) is 23.7 Å². The third kappa shape index (κ3) is 14.4. The number of aromatic nitrogens is 2. The summed E-state index contributed by atoms with van der Waals surface area (Å²) in [6.07, 6.45) is -9.73. The molecule has 67 heavy (non-hydrogen) atoms. The van der Waals surface area contributed by atoms with E-state index in [2.05, 4.69) is 15.4 Å². The molecule has 0 saturated carbocycles. The average molecular weight is 974 g/mol. The second-order valence-corrected chi connectivity index (χ2v) is 16.2. The monoisotopic (exact) mass is 973 g/mol. The van der Waals surface area contributed by atoms with Crippen molar-refractivity contribution in [2.45, 2.75) is 104 Å². The van der Waals surface area contributed by atoms with Gasteiger partial charge in [-0.3, -0.25) is 24.6 Å². The molecule has 370 valence electrons. The van der Waals surface area contributed by atoms with Crippen molar-refractivity contribution in [1.82, 2.24) is 36.2 Å². The number of alkyl halides is 10. The SMILES string of the molecule is CC(=O)N[C@H](C(=O)N[C@@H](Cc1ccc(-c2cnn(C(F)F)c2)cc1)[C@@H](O)CN(Cc1c(F)cc(C(C=NC(F)F)=CN)cc1F)NC(=O)[C@@H](NC(C)=O)C(C)(C)C(F)(F)F)C(C)(C)C(F)(F)F. The van der Waals surface area contributed by atoms with Crippen LogP contribution < -0.4 is 27.1 Å². The van der Waals surface area contributed by atoms with Crippen molar-refractivity contribution in [2.24, 2.45) is 21.6 Å². The summed E-state index contributed by atoms with van der Waals surface area (Å²) < 4.78 is 170. The van der Waals surface area contributed by atoms with Crippen molar-refractivity contribution in [3.8, 4) is 11.1 Å². The van der Waals surface area contributed by atoms with Crippen molar-refractivity contribution >= 4 is 35.4 Å². The molecule has 0 unspecified atom stereocenters. The van der Waals surface area contributed by atoms with Crippen LogP contribution in [0.3, 0.4) is 0 Å². The second-order valence-electron chi connectivity index (χ2n) is 16.2. The predicted octanol–water partition coefficient (Wildman–Crippen LogP) is 5.92. The maximum absolute atomic E-state index is 15.8. The van der Waals surface area contributed by atoms with Crippen molar-refractivity contribution in [2.75, 3.05) is 6.54 Å². The Morgan fingerprint density at radius 2 is 1.33 bits per heavy atom. The molecular formula is C41H47F12N9O5. The third-order valence-corrected chi connectivity index (χ3v) is 10.5. The Labute approximate surface area is 375 Å². The minimum absolute atomic E-state index is 0.181. The summed E-state index contributed by atoms with van der Waals surface area (Å²) in [5.41, 5.74) is 0.269. The van der Waals surface area contributed by atoms with Crippen LogP contribution in [-0.4, -0.2) is 99.4 Å². The van der Waals surface area contributed by atoms with E-state index in [1.54, 1.807) is 0 Å². The van der Waals surface area contributed by atoms with E-state index in [9.17, 15) is 68.2 Å². The van der Waals surface area contributed by atoms with Crippen LogP contribution in [0.25, 0.3) is 16.7 Å². The molecule has 14 nitrogen and oxygen atoms in total. The highest BCUT2D eigenvalue weighted by Crippen LogP contribution is 2.42. The maximum Gasteiger partial charge on any atom is 0.396 e. The van der Waals surface area contributed by atoms with Gasteiger partial charge in [-0.2, -0.15) is 49.0 Å². The number of nitrogens with one attached hydrogen (secondary N) is 4. The number of nitrogens with zero attached hydrogens (tertiary/aromatic N) is 4. The zero-order valence-electron chi connectivity index (χ0n) is 36.3. The quantitative estimate of drug-likeness (QED) is 0.0347. The van der Waals surface area contributed by atoms with Gasteiger partial charge in [0.2, 0.25) is 17.7 Å². The number of nitrogens with two attached hydrogens (primary N) is 1. The summed E-state index contributed by atoms with van der Waals surface area (Å²) in [5.74, 6) is -8.36. The number of carbonyl (C=O) groups is 4. The Hall–Kier alpha value is -6.18. The highest BCUT2D eigenvalue weighted by Gasteiger charge is 2.57. The van der Waals surface area contributed by atoms with Crippen LogP contribution >= 0.6 is 0 Å². The van der Waals surface area contributed by atoms with Gasteiger partial charge >= 0.3 is 25.5 Å². The summed E-state index contributed by atoms with van der Waals surface area (Å²) in [4.78, 5) is 54.5. The van der Waals surface area contributed by atoms with Crippen LogP contribution in [0.5, 0.6) is 0 Å². The first-order valence-corrected chi connectivity index (χ1v) is 19.6. The van der Waals surface area contributed by atoms with E-state index < -0.39 is 132 Å². The summed E-state index contributed by atoms with van der Waals surface area (Å²) in [6, 6.07) is 0.0112. The Morgan fingerprint density at radius 1 is 0.821 bits per heavy atom. The highest BCUT2D eigenvalue weighted by atomic mass is 19.4. The molecule has 4 atom stereocenters. The van der Waals surface area contributed by atoms with E-state index in [4.69, 9.17) is 5.73 Å². The van der Waals surface area contributed by atoms with Gasteiger partial charge in [0, 0.05) is 62.2 Å². The van der Waals surface area contributed by atoms with E-state index in [1.807, 2.05) is 16.1 Å². The number of aliphatic imine (C=N–C) groups is 1. The summed E-state index contributed by atoms with van der Waals surface area (Å²) in [7, 11) is 0. The lowest BCUT2D eigenvalue weighted by Gasteiger charge is -2.38. The van der Waals surface area contributed by atoms with E-state index in [-0.39, 0.29) is 11.1 Å². The van der Waals surface area contributed by atoms with Crippen LogP contribution in [0.15, 0.2) is 60.0 Å². The molecule has 2 aromatic carbocycles. The van der Waals surface area contributed by atoms with Crippen molar-refractivity contribution in [3.05, 3.63) is 83.3 Å². The Morgan fingerprint density at radius 3 is 1.76 bits per heavy atom. The largest absolute Gasteiger partial charge is 0.404 e. The zero-order valence-corrected chi connectivity index (χ0v) is 36.3. The van der Waals surface area contributed by atoms with Crippen molar-refractivity contribution < 1.29 is 77.0 Å². The van der Waals surface area contributed by atoms with Crippen LogP contribution in [0, 0.1) is 22.5 Å². The Bertz CT molecular complexity index is 2260. The summed E-state index contributed by atoms with van der Waals surface area (Å²) in [6.45, 7) is -4.68. The third-order valence-electron chi connectivity index (χ3n) is 10.5. The first-order chi connectivity index (χ1) is 30.8. The molecule has 7 N–H and O–H groups in total. The molecule has 0 saturated heterocycles. The second kappa shape index (κ2) is 22.1. The van der Waals surface area contributed by atoms with Crippen LogP contribution in [-0.2, 0) is 32.1 Å². The molecule has 0 fully saturated rings. The molecule has 0 aliphatic heterocycles. The normalized spacial score (nSPS) is 14.9. The molecule has 3 rings (SSSR count). The standard InChI is InChI=1S/C41H47F12N9O5/c1-20(63)57-32(38(3,4)40(48,49)50)34(66)59-30(11-22-7-9-23(10-8-22)26-16-56-62(17-26)37(46)47)31(65)19-61(60-35(67)33(58-21(2)64)39(5,6)41(51,52)53)18-27-28(42)12-24(13-29(27)43)25(14-54)15-55-36(44)45/h7-10,12-17,30-33,36-37,65H,11,18-19,54H2,1-6H3,(H,57,63)(H,58,64)(H,59,66)(H,60,67)/t30-,31-,32+,33+/m0/s1. The van der Waals surface area contributed by atoms with Gasteiger partial charge in [0.05, 0.1) is 29.2 Å². The first kappa shape index (κ1) is 55.1. The lowest BCUT2D eigenvalue weighted by Crippen LogP contribution is -2.63. The number of hydrogen-bond donors (Lipinski definition) is 6. The number of halogens is 12. The molecular weight excluding hydrogens is 926 g/mol. The molecule has 1 aromatic heterocycles. The molecule has 0 aliphatic carbocycles. The van der Waals surface area contributed by atoms with Gasteiger partial charge in [-0.25, -0.2) is 23.5 Å². The van der Waals surface area contributed by atoms with E-state index >= 15 is 8.78 Å². The zero-order chi connectivity index (χ0) is 51.0. The number of rotatable bonds is 20. The van der Waals surface area contributed by atoms with Gasteiger partial charge in [0.15, 0.2) is 0 Å². The fourth-order valence-electron chi connectivity index (χ4n) is 6.30. The summed E-state index contributed by atoms with van der Waals surface area (Å²) in [5, 5.41) is 21.8. The Kier molecular flexibility index (Phi) is 18.2. The van der Waals surface area contributed by atoms with E-state index in [1.165, 1.54) is 24.3 Å². The number of hydrazine groups is 1.